The summed E-state index contributed by atoms with van der Waals surface area (Å²) < 4.78 is 0. The van der Waals surface area contributed by atoms with E-state index >= 15 is 0 Å². The van der Waals surface area contributed by atoms with Gasteiger partial charge in [-0.3, -0.25) is 9.89 Å². The molecule has 98 valence electrons. The van der Waals surface area contributed by atoms with Crippen LogP contribution in [-0.2, 0) is 4.79 Å². The van der Waals surface area contributed by atoms with Crippen LogP contribution >= 0.6 is 11.8 Å². The van der Waals surface area contributed by atoms with E-state index in [-0.39, 0.29) is 16.4 Å². The van der Waals surface area contributed by atoms with Crippen LogP contribution in [0.25, 0.3) is 0 Å². The van der Waals surface area contributed by atoms with Gasteiger partial charge in [-0.2, -0.15) is 5.10 Å². The summed E-state index contributed by atoms with van der Waals surface area (Å²) in [5.41, 5.74) is 3.28. The number of benzene rings is 1. The normalized spacial score (nSPS) is 22.5. The minimum atomic E-state index is -0.0983. The lowest BCUT2D eigenvalue weighted by atomic mass is 10.0. The number of nitrogens with zero attached hydrogens (tertiary/aromatic N) is 1. The standard InChI is InChI=1S/C14H15N3OS/c1-8-11-12(10-6-4-3-5-7-10)19-9(2)14(18)15-13(11)17-16-8/h3-7,9,12H,1-2H3,(H2,15,16,17,18)/t9-,12+/m1/s1. The van der Waals surface area contributed by atoms with Crippen LogP contribution in [0.4, 0.5) is 5.82 Å². The highest BCUT2D eigenvalue weighted by molar-refractivity contribution is 8.01. The first kappa shape index (κ1) is 12.3. The number of carbonyl (C=O) groups is 1. The van der Waals surface area contributed by atoms with Crippen molar-refractivity contribution in [3.63, 3.8) is 0 Å². The lowest BCUT2D eigenvalue weighted by Crippen LogP contribution is -2.21. The third-order valence-electron chi connectivity index (χ3n) is 3.31. The molecule has 1 amide bonds. The molecule has 0 saturated heterocycles. The third-order valence-corrected chi connectivity index (χ3v) is 4.71. The summed E-state index contributed by atoms with van der Waals surface area (Å²) in [5, 5.41) is 10.1. The number of hydrogen-bond donors (Lipinski definition) is 2. The molecule has 2 N–H and O–H groups in total. The van der Waals surface area contributed by atoms with Gasteiger partial charge in [-0.25, -0.2) is 0 Å². The Morgan fingerprint density at radius 2 is 2.00 bits per heavy atom. The Balaban J connectivity index is 2.12. The summed E-state index contributed by atoms with van der Waals surface area (Å²) in [5.74, 6) is 0.671. The number of thioether (sulfide) groups is 1. The minimum Gasteiger partial charge on any atom is -0.308 e. The second-order valence-corrected chi connectivity index (χ2v) is 6.12. The summed E-state index contributed by atoms with van der Waals surface area (Å²) in [7, 11) is 0. The molecule has 4 nitrogen and oxygen atoms in total. The second-order valence-electron chi connectivity index (χ2n) is 4.67. The van der Waals surface area contributed by atoms with Crippen molar-refractivity contribution >= 4 is 23.5 Å². The Bertz CT molecular complexity index is 608. The van der Waals surface area contributed by atoms with E-state index in [0.29, 0.717) is 5.82 Å². The smallest absolute Gasteiger partial charge is 0.238 e. The molecule has 0 spiro atoms. The third kappa shape index (κ3) is 2.14. The average Bonchev–Trinajstić information content (AvgIpc) is 2.71. The zero-order valence-electron chi connectivity index (χ0n) is 10.8. The number of nitrogens with one attached hydrogen (secondary N) is 2. The molecule has 0 saturated carbocycles. The van der Waals surface area contributed by atoms with Gasteiger partial charge in [0, 0.05) is 11.3 Å². The number of aromatic amines is 1. The second kappa shape index (κ2) is 4.74. The Kier molecular flexibility index (Phi) is 3.06. The van der Waals surface area contributed by atoms with E-state index in [1.807, 2.05) is 32.0 Å². The highest BCUT2D eigenvalue weighted by atomic mass is 32.2. The van der Waals surface area contributed by atoms with Gasteiger partial charge in [0.2, 0.25) is 5.91 Å². The first-order valence-electron chi connectivity index (χ1n) is 6.23. The largest absolute Gasteiger partial charge is 0.308 e. The number of carbonyl (C=O) groups excluding carboxylic acids is 1. The van der Waals surface area contributed by atoms with Crippen molar-refractivity contribution in [2.75, 3.05) is 5.32 Å². The van der Waals surface area contributed by atoms with E-state index < -0.39 is 0 Å². The van der Waals surface area contributed by atoms with Crippen molar-refractivity contribution in [2.24, 2.45) is 0 Å². The van der Waals surface area contributed by atoms with Crippen LogP contribution in [0.2, 0.25) is 0 Å². The molecule has 3 rings (SSSR count). The van der Waals surface area contributed by atoms with Crippen LogP contribution in [0.15, 0.2) is 30.3 Å². The van der Waals surface area contributed by atoms with E-state index in [1.165, 1.54) is 5.56 Å². The topological polar surface area (TPSA) is 57.8 Å². The number of anilines is 1. The molecule has 0 fully saturated rings. The molecule has 2 aromatic rings. The quantitative estimate of drug-likeness (QED) is 0.840. The number of rotatable bonds is 1. The molecule has 5 heteroatoms. The van der Waals surface area contributed by atoms with Crippen molar-refractivity contribution in [1.29, 1.82) is 0 Å². The van der Waals surface area contributed by atoms with E-state index in [0.717, 1.165) is 11.3 Å². The van der Waals surface area contributed by atoms with Gasteiger partial charge >= 0.3 is 0 Å². The predicted octanol–water partition coefficient (Wildman–Crippen LogP) is 2.88. The molecular formula is C14H15N3OS. The van der Waals surface area contributed by atoms with Gasteiger partial charge in [0.05, 0.1) is 10.5 Å². The predicted molar refractivity (Wildman–Crippen MR) is 77.3 cm³/mol. The highest BCUT2D eigenvalue weighted by Gasteiger charge is 2.31. The first-order valence-corrected chi connectivity index (χ1v) is 7.17. The molecule has 1 aromatic carbocycles. The monoisotopic (exact) mass is 273 g/mol. The molecule has 0 radical (unpaired) electrons. The van der Waals surface area contributed by atoms with E-state index in [1.54, 1.807) is 11.8 Å². The number of H-pyrrole nitrogens is 1. The Morgan fingerprint density at radius 3 is 2.74 bits per heavy atom. The van der Waals surface area contributed by atoms with Gasteiger partial charge in [-0.05, 0) is 19.4 Å². The van der Waals surface area contributed by atoms with Crippen LogP contribution in [0.1, 0.15) is 29.0 Å². The molecule has 1 aliphatic heterocycles. The van der Waals surface area contributed by atoms with E-state index in [2.05, 4.69) is 27.6 Å². The number of amides is 1. The fourth-order valence-corrected chi connectivity index (χ4v) is 3.61. The molecule has 2 heterocycles. The molecular weight excluding hydrogens is 258 g/mol. The van der Waals surface area contributed by atoms with Crippen molar-refractivity contribution in [3.8, 4) is 0 Å². The van der Waals surface area contributed by atoms with Gasteiger partial charge in [-0.1, -0.05) is 30.3 Å². The minimum absolute atomic E-state index is 0.0104. The summed E-state index contributed by atoms with van der Waals surface area (Å²) >= 11 is 1.66. The first-order chi connectivity index (χ1) is 9.16. The Labute approximate surface area is 116 Å². The lowest BCUT2D eigenvalue weighted by Gasteiger charge is -2.17. The van der Waals surface area contributed by atoms with Crippen molar-refractivity contribution in [1.82, 2.24) is 10.2 Å². The maximum atomic E-state index is 12.0. The van der Waals surface area contributed by atoms with Gasteiger partial charge in [-0.15, -0.1) is 11.8 Å². The zero-order valence-corrected chi connectivity index (χ0v) is 11.6. The Hall–Kier alpha value is -1.75. The number of aromatic nitrogens is 2. The molecule has 0 unspecified atom stereocenters. The van der Waals surface area contributed by atoms with E-state index in [9.17, 15) is 4.79 Å². The van der Waals surface area contributed by atoms with Crippen molar-refractivity contribution < 1.29 is 4.79 Å². The zero-order chi connectivity index (χ0) is 13.4. The van der Waals surface area contributed by atoms with Crippen LogP contribution < -0.4 is 5.32 Å². The summed E-state index contributed by atoms with van der Waals surface area (Å²) in [6.45, 7) is 3.92. The molecule has 0 aliphatic carbocycles. The number of hydrogen-bond acceptors (Lipinski definition) is 3. The maximum Gasteiger partial charge on any atom is 0.238 e. The fourth-order valence-electron chi connectivity index (χ4n) is 2.28. The van der Waals surface area contributed by atoms with Gasteiger partial charge < -0.3 is 5.32 Å². The SMILES string of the molecule is Cc1[nH]nc2c1[C@H](c1ccccc1)S[C@H](C)C(=O)N2. The molecule has 1 aromatic heterocycles. The van der Waals surface area contributed by atoms with E-state index in [4.69, 9.17) is 0 Å². The molecule has 2 atom stereocenters. The van der Waals surface area contributed by atoms with Crippen molar-refractivity contribution in [2.45, 2.75) is 24.3 Å². The average molecular weight is 273 g/mol. The molecule has 19 heavy (non-hydrogen) atoms. The van der Waals surface area contributed by atoms with Crippen LogP contribution in [-0.4, -0.2) is 21.4 Å². The van der Waals surface area contributed by atoms with Gasteiger partial charge in [0.1, 0.15) is 0 Å². The number of aryl methyl sites for hydroxylation is 1. The van der Waals surface area contributed by atoms with Crippen molar-refractivity contribution in [3.05, 3.63) is 47.2 Å². The fraction of sp³-hybridized carbons (Fsp3) is 0.286. The van der Waals surface area contributed by atoms with Crippen LogP contribution in [0.5, 0.6) is 0 Å². The Morgan fingerprint density at radius 1 is 1.26 bits per heavy atom. The maximum absolute atomic E-state index is 12.0. The lowest BCUT2D eigenvalue weighted by molar-refractivity contribution is -0.115. The summed E-state index contributed by atoms with van der Waals surface area (Å²) in [6, 6.07) is 10.2. The van der Waals surface area contributed by atoms with Gasteiger partial charge in [0.15, 0.2) is 5.82 Å². The molecule has 0 bridgehead atoms. The summed E-state index contributed by atoms with van der Waals surface area (Å²) in [4.78, 5) is 12.0. The summed E-state index contributed by atoms with van der Waals surface area (Å²) in [6.07, 6.45) is 0. The number of fused-ring (bicyclic) bond motifs is 1. The highest BCUT2D eigenvalue weighted by Crippen LogP contribution is 2.44. The van der Waals surface area contributed by atoms with Crippen LogP contribution in [0, 0.1) is 6.92 Å². The van der Waals surface area contributed by atoms with Crippen LogP contribution in [0.3, 0.4) is 0 Å². The molecule has 1 aliphatic rings. The van der Waals surface area contributed by atoms with Gasteiger partial charge in [0.25, 0.3) is 0 Å².